The van der Waals surface area contributed by atoms with Crippen LogP contribution >= 0.6 is 0 Å². The van der Waals surface area contributed by atoms with Crippen LogP contribution in [0, 0.1) is 5.92 Å². The average molecular weight is 246 g/mol. The summed E-state index contributed by atoms with van der Waals surface area (Å²) in [4.78, 5) is 23.4. The van der Waals surface area contributed by atoms with Gasteiger partial charge in [-0.1, -0.05) is 6.92 Å². The van der Waals surface area contributed by atoms with Gasteiger partial charge in [-0.3, -0.25) is 4.79 Å². The van der Waals surface area contributed by atoms with E-state index in [1.807, 2.05) is 0 Å². The highest BCUT2D eigenvalue weighted by molar-refractivity contribution is 5.74. The standard InChI is InChI=1S/C11H22N2O4/c1-8(5-9(14)15)6-12-10(16)13(4)7-11(2,3)17/h8,17H,5-7H2,1-4H3,(H,12,16)(H,14,15). The fourth-order valence-electron chi connectivity index (χ4n) is 1.42. The minimum absolute atomic E-state index is 0.0233. The highest BCUT2D eigenvalue weighted by Crippen LogP contribution is 2.04. The molecule has 0 aliphatic carbocycles. The Kier molecular flexibility index (Phi) is 5.95. The van der Waals surface area contributed by atoms with E-state index in [1.165, 1.54) is 4.90 Å². The summed E-state index contributed by atoms with van der Waals surface area (Å²) in [6.45, 7) is 5.51. The van der Waals surface area contributed by atoms with Crippen molar-refractivity contribution in [3.8, 4) is 0 Å². The fourth-order valence-corrected chi connectivity index (χ4v) is 1.42. The van der Waals surface area contributed by atoms with Gasteiger partial charge < -0.3 is 20.4 Å². The summed E-state index contributed by atoms with van der Waals surface area (Å²) >= 11 is 0. The first kappa shape index (κ1) is 15.7. The van der Waals surface area contributed by atoms with Crippen molar-refractivity contribution in [3.05, 3.63) is 0 Å². The number of aliphatic carboxylic acids is 1. The molecule has 0 fully saturated rings. The molecule has 0 aromatic rings. The monoisotopic (exact) mass is 246 g/mol. The van der Waals surface area contributed by atoms with Gasteiger partial charge in [-0.15, -0.1) is 0 Å². The largest absolute Gasteiger partial charge is 0.481 e. The molecule has 0 bridgehead atoms. The smallest absolute Gasteiger partial charge is 0.317 e. The number of hydrogen-bond donors (Lipinski definition) is 3. The summed E-state index contributed by atoms with van der Waals surface area (Å²) in [5.74, 6) is -0.997. The topological polar surface area (TPSA) is 89.9 Å². The number of carbonyl (C=O) groups is 2. The number of hydrogen-bond acceptors (Lipinski definition) is 3. The lowest BCUT2D eigenvalue weighted by Gasteiger charge is -2.26. The average Bonchev–Trinajstić information content (AvgIpc) is 2.10. The number of aliphatic hydroxyl groups is 1. The van der Waals surface area contributed by atoms with Gasteiger partial charge in [0.1, 0.15) is 0 Å². The molecule has 0 rings (SSSR count). The molecule has 6 nitrogen and oxygen atoms in total. The molecule has 100 valence electrons. The third-order valence-electron chi connectivity index (χ3n) is 2.10. The van der Waals surface area contributed by atoms with Crippen LogP contribution in [0.4, 0.5) is 4.79 Å². The van der Waals surface area contributed by atoms with Gasteiger partial charge in [-0.05, 0) is 19.8 Å². The lowest BCUT2D eigenvalue weighted by atomic mass is 10.1. The van der Waals surface area contributed by atoms with Crippen molar-refractivity contribution in [2.24, 2.45) is 5.92 Å². The normalized spacial score (nSPS) is 13.0. The molecule has 3 N–H and O–H groups in total. The molecule has 0 saturated heterocycles. The Morgan fingerprint density at radius 2 is 1.94 bits per heavy atom. The van der Waals surface area contributed by atoms with Gasteiger partial charge in [-0.25, -0.2) is 4.79 Å². The molecule has 0 radical (unpaired) electrons. The summed E-state index contributed by atoms with van der Waals surface area (Å²) < 4.78 is 0. The maximum absolute atomic E-state index is 11.6. The Morgan fingerprint density at radius 3 is 2.35 bits per heavy atom. The van der Waals surface area contributed by atoms with E-state index in [0.29, 0.717) is 6.54 Å². The lowest BCUT2D eigenvalue weighted by Crippen LogP contribution is -2.45. The molecule has 1 atom stereocenters. The summed E-state index contributed by atoms with van der Waals surface area (Å²) in [7, 11) is 1.58. The van der Waals surface area contributed by atoms with Crippen molar-refractivity contribution in [2.45, 2.75) is 32.8 Å². The van der Waals surface area contributed by atoms with E-state index in [0.717, 1.165) is 0 Å². The fraction of sp³-hybridized carbons (Fsp3) is 0.818. The molecule has 17 heavy (non-hydrogen) atoms. The highest BCUT2D eigenvalue weighted by Gasteiger charge is 2.19. The summed E-state index contributed by atoms with van der Waals surface area (Å²) in [6.07, 6.45) is 0.0233. The molecular formula is C11H22N2O4. The Morgan fingerprint density at radius 1 is 1.41 bits per heavy atom. The van der Waals surface area contributed by atoms with Gasteiger partial charge >= 0.3 is 12.0 Å². The van der Waals surface area contributed by atoms with E-state index >= 15 is 0 Å². The zero-order chi connectivity index (χ0) is 13.6. The SMILES string of the molecule is CC(CNC(=O)N(C)CC(C)(C)O)CC(=O)O. The minimum atomic E-state index is -0.946. The predicted octanol–water partition coefficient (Wildman–Crippen LogP) is 0.509. The van der Waals surface area contributed by atoms with E-state index in [9.17, 15) is 14.7 Å². The first-order valence-electron chi connectivity index (χ1n) is 5.55. The lowest BCUT2D eigenvalue weighted by molar-refractivity contribution is -0.137. The quantitative estimate of drug-likeness (QED) is 0.637. The maximum Gasteiger partial charge on any atom is 0.317 e. The predicted molar refractivity (Wildman–Crippen MR) is 63.7 cm³/mol. The number of amides is 2. The molecule has 0 heterocycles. The third-order valence-corrected chi connectivity index (χ3v) is 2.10. The van der Waals surface area contributed by atoms with Gasteiger partial charge in [0, 0.05) is 20.0 Å². The summed E-state index contributed by atoms with van der Waals surface area (Å²) in [5, 5.41) is 20.7. The Bertz CT molecular complexity index is 273. The maximum atomic E-state index is 11.6. The van der Waals surface area contributed by atoms with Gasteiger partial charge in [0.2, 0.25) is 0 Å². The van der Waals surface area contributed by atoms with Crippen LogP contribution in [0.25, 0.3) is 0 Å². The molecule has 0 spiro atoms. The van der Waals surface area contributed by atoms with E-state index in [1.54, 1.807) is 27.8 Å². The number of rotatable bonds is 6. The van der Waals surface area contributed by atoms with E-state index < -0.39 is 11.6 Å². The Labute approximate surface area is 102 Å². The highest BCUT2D eigenvalue weighted by atomic mass is 16.4. The second-order valence-electron chi connectivity index (χ2n) is 5.06. The van der Waals surface area contributed by atoms with Crippen molar-refractivity contribution in [2.75, 3.05) is 20.1 Å². The summed E-state index contributed by atoms with van der Waals surface area (Å²) in [6, 6.07) is -0.315. The van der Waals surface area contributed by atoms with Crippen LogP contribution in [-0.2, 0) is 4.79 Å². The number of carboxylic acids is 1. The van der Waals surface area contributed by atoms with Crippen LogP contribution in [0.3, 0.4) is 0 Å². The van der Waals surface area contributed by atoms with Crippen molar-refractivity contribution >= 4 is 12.0 Å². The number of carbonyl (C=O) groups excluding carboxylic acids is 1. The molecular weight excluding hydrogens is 224 g/mol. The van der Waals surface area contributed by atoms with Gasteiger partial charge in [-0.2, -0.15) is 0 Å². The molecule has 0 saturated carbocycles. The molecule has 0 aromatic heterocycles. The van der Waals surface area contributed by atoms with E-state index in [4.69, 9.17) is 5.11 Å². The number of likely N-dealkylation sites (N-methyl/N-ethyl adjacent to an activating group) is 1. The molecule has 2 amide bonds. The van der Waals surface area contributed by atoms with Crippen molar-refractivity contribution in [3.63, 3.8) is 0 Å². The zero-order valence-corrected chi connectivity index (χ0v) is 10.9. The van der Waals surface area contributed by atoms with Crippen LogP contribution in [0.2, 0.25) is 0 Å². The number of urea groups is 1. The first-order valence-corrected chi connectivity index (χ1v) is 5.55. The van der Waals surface area contributed by atoms with Crippen molar-refractivity contribution in [1.29, 1.82) is 0 Å². The van der Waals surface area contributed by atoms with Crippen LogP contribution < -0.4 is 5.32 Å². The molecule has 0 aliphatic rings. The number of carboxylic acid groups (broad SMARTS) is 1. The van der Waals surface area contributed by atoms with Crippen molar-refractivity contribution < 1.29 is 19.8 Å². The molecule has 1 unspecified atom stereocenters. The van der Waals surface area contributed by atoms with Crippen LogP contribution in [0.15, 0.2) is 0 Å². The van der Waals surface area contributed by atoms with Gasteiger partial charge in [0.25, 0.3) is 0 Å². The first-order chi connectivity index (χ1) is 7.61. The second-order valence-corrected chi connectivity index (χ2v) is 5.06. The molecule has 0 aromatic carbocycles. The molecule has 0 aliphatic heterocycles. The summed E-state index contributed by atoms with van der Waals surface area (Å²) in [5.41, 5.74) is -0.946. The van der Waals surface area contributed by atoms with E-state index in [-0.39, 0.29) is 24.9 Å². The minimum Gasteiger partial charge on any atom is -0.481 e. The number of nitrogens with zero attached hydrogens (tertiary/aromatic N) is 1. The van der Waals surface area contributed by atoms with Gasteiger partial charge in [0.05, 0.1) is 12.1 Å². The molecule has 6 heteroatoms. The zero-order valence-electron chi connectivity index (χ0n) is 10.9. The van der Waals surface area contributed by atoms with Crippen LogP contribution in [-0.4, -0.2) is 52.9 Å². The van der Waals surface area contributed by atoms with Crippen LogP contribution in [0.1, 0.15) is 27.2 Å². The van der Waals surface area contributed by atoms with Crippen molar-refractivity contribution in [1.82, 2.24) is 10.2 Å². The Balaban J connectivity index is 3.97. The Hall–Kier alpha value is -1.30. The van der Waals surface area contributed by atoms with E-state index in [2.05, 4.69) is 5.32 Å². The number of nitrogens with one attached hydrogen (secondary N) is 1. The van der Waals surface area contributed by atoms with Crippen LogP contribution in [0.5, 0.6) is 0 Å². The van der Waals surface area contributed by atoms with Gasteiger partial charge in [0.15, 0.2) is 0 Å². The third kappa shape index (κ3) is 8.50. The second kappa shape index (κ2) is 6.44.